The van der Waals surface area contributed by atoms with E-state index in [1.807, 2.05) is 38.1 Å². The zero-order valence-corrected chi connectivity index (χ0v) is 16.3. The number of hydrogen-bond acceptors (Lipinski definition) is 5. The molecule has 7 heteroatoms. The van der Waals surface area contributed by atoms with Gasteiger partial charge in [-0.1, -0.05) is 6.07 Å². The van der Waals surface area contributed by atoms with Gasteiger partial charge >= 0.3 is 5.97 Å². The van der Waals surface area contributed by atoms with Crippen molar-refractivity contribution in [3.8, 4) is 11.5 Å². The Hall–Kier alpha value is -2.96. The van der Waals surface area contributed by atoms with Gasteiger partial charge in [-0.3, -0.25) is 4.79 Å². The highest BCUT2D eigenvalue weighted by Crippen LogP contribution is 2.38. The molecule has 1 aliphatic carbocycles. The van der Waals surface area contributed by atoms with Gasteiger partial charge in [0.05, 0.1) is 5.56 Å². The topological polar surface area (TPSA) is 78.8 Å². The number of carbonyl (C=O) groups is 2. The van der Waals surface area contributed by atoms with Crippen molar-refractivity contribution < 1.29 is 23.8 Å². The smallest absolute Gasteiger partial charge is 0.340 e. The lowest BCUT2D eigenvalue weighted by Crippen LogP contribution is -2.35. The Morgan fingerprint density at radius 1 is 1.21 bits per heavy atom. The van der Waals surface area contributed by atoms with E-state index in [-0.39, 0.29) is 12.7 Å². The monoisotopic (exact) mass is 384 g/mol. The summed E-state index contributed by atoms with van der Waals surface area (Å²) >= 11 is 0. The maximum Gasteiger partial charge on any atom is 0.340 e. The number of aromatic nitrogens is 1. The predicted octanol–water partition coefficient (Wildman–Crippen LogP) is 3.03. The van der Waals surface area contributed by atoms with Gasteiger partial charge < -0.3 is 24.1 Å². The van der Waals surface area contributed by atoms with Crippen LogP contribution in [0.4, 0.5) is 0 Å². The highest BCUT2D eigenvalue weighted by Gasteiger charge is 2.29. The van der Waals surface area contributed by atoms with E-state index in [0.717, 1.165) is 29.8 Å². The highest BCUT2D eigenvalue weighted by atomic mass is 16.7. The van der Waals surface area contributed by atoms with Crippen molar-refractivity contribution in [2.75, 3.05) is 6.79 Å². The molecule has 1 fully saturated rings. The molecule has 2 aromatic rings. The van der Waals surface area contributed by atoms with Crippen LogP contribution in [-0.2, 0) is 16.1 Å². The number of nitrogens with one attached hydrogen (secondary N) is 1. The fraction of sp³-hybridized carbons (Fsp3) is 0.429. The lowest BCUT2D eigenvalue weighted by atomic mass is 10.2. The van der Waals surface area contributed by atoms with E-state index in [4.69, 9.17) is 14.2 Å². The number of benzene rings is 1. The predicted molar refractivity (Wildman–Crippen MR) is 101 cm³/mol. The lowest BCUT2D eigenvalue weighted by Gasteiger charge is -2.14. The van der Waals surface area contributed by atoms with Crippen molar-refractivity contribution in [1.29, 1.82) is 0 Å². The second kappa shape index (κ2) is 7.22. The molecule has 1 aromatic heterocycles. The molecule has 0 radical (unpaired) electrons. The number of aryl methyl sites for hydroxylation is 1. The summed E-state index contributed by atoms with van der Waals surface area (Å²) in [6, 6.07) is 7.82. The molecule has 1 N–H and O–H groups in total. The molecular formula is C21H24N2O5. The normalized spacial score (nSPS) is 16.0. The molecule has 28 heavy (non-hydrogen) atoms. The number of rotatable bonds is 6. The quantitative estimate of drug-likeness (QED) is 0.775. The molecule has 1 atom stereocenters. The van der Waals surface area contributed by atoms with Crippen molar-refractivity contribution in [3.63, 3.8) is 0 Å². The second-order valence-electron chi connectivity index (χ2n) is 7.34. The van der Waals surface area contributed by atoms with Crippen LogP contribution < -0.4 is 14.8 Å². The molecule has 1 saturated carbocycles. The minimum atomic E-state index is -0.884. The largest absolute Gasteiger partial charge is 0.454 e. The van der Waals surface area contributed by atoms with Gasteiger partial charge in [0, 0.05) is 24.0 Å². The highest BCUT2D eigenvalue weighted by molar-refractivity contribution is 5.93. The van der Waals surface area contributed by atoms with Crippen LogP contribution in [0.25, 0.3) is 0 Å². The Bertz CT molecular complexity index is 929. The first-order valence-corrected chi connectivity index (χ1v) is 9.49. The third-order valence-corrected chi connectivity index (χ3v) is 5.17. The molecule has 1 aliphatic heterocycles. The first-order valence-electron chi connectivity index (χ1n) is 9.49. The van der Waals surface area contributed by atoms with Gasteiger partial charge in [-0.2, -0.15) is 0 Å². The van der Waals surface area contributed by atoms with Gasteiger partial charge in [0.25, 0.3) is 5.91 Å². The van der Waals surface area contributed by atoms with E-state index in [9.17, 15) is 9.59 Å². The van der Waals surface area contributed by atoms with Crippen molar-refractivity contribution in [3.05, 3.63) is 46.8 Å². The Kier molecular flexibility index (Phi) is 4.75. The SMILES string of the molecule is Cc1cc(C(=O)O[C@@H](C)C(=O)NCc2ccc3c(c2)OCO3)c(C)n1C1CC1. The number of nitrogens with zero attached hydrogens (tertiary/aromatic N) is 1. The van der Waals surface area contributed by atoms with Crippen molar-refractivity contribution in [1.82, 2.24) is 9.88 Å². The van der Waals surface area contributed by atoms with Gasteiger partial charge in [-0.15, -0.1) is 0 Å². The average molecular weight is 384 g/mol. The molecule has 2 heterocycles. The number of ether oxygens (including phenoxy) is 3. The fourth-order valence-electron chi connectivity index (χ4n) is 3.54. The van der Waals surface area contributed by atoms with Crippen LogP contribution in [0.5, 0.6) is 11.5 Å². The fourth-order valence-corrected chi connectivity index (χ4v) is 3.54. The molecule has 0 saturated heterocycles. The van der Waals surface area contributed by atoms with Gasteiger partial charge in [-0.05, 0) is 57.4 Å². The van der Waals surface area contributed by atoms with Crippen LogP contribution in [0.15, 0.2) is 24.3 Å². The number of hydrogen-bond donors (Lipinski definition) is 1. The minimum Gasteiger partial charge on any atom is -0.454 e. The second-order valence-corrected chi connectivity index (χ2v) is 7.34. The zero-order valence-electron chi connectivity index (χ0n) is 16.3. The van der Waals surface area contributed by atoms with E-state index in [1.54, 1.807) is 6.92 Å². The van der Waals surface area contributed by atoms with Crippen LogP contribution in [0.2, 0.25) is 0 Å². The standard InChI is InChI=1S/C21H24N2O5/c1-12-8-17(13(2)23(12)16-5-6-16)21(25)28-14(3)20(24)22-10-15-4-7-18-19(9-15)27-11-26-18/h4,7-9,14,16H,5-6,10-11H2,1-3H3,(H,22,24)/t14-/m0/s1. The molecule has 4 rings (SSSR count). The number of esters is 1. The van der Waals surface area contributed by atoms with Crippen LogP contribution in [0.3, 0.4) is 0 Å². The Labute approximate surface area is 163 Å². The third-order valence-electron chi connectivity index (χ3n) is 5.17. The van der Waals surface area contributed by atoms with E-state index in [2.05, 4.69) is 9.88 Å². The van der Waals surface area contributed by atoms with Gasteiger partial charge in [0.15, 0.2) is 17.6 Å². The number of fused-ring (bicyclic) bond motifs is 1. The molecule has 0 unspecified atom stereocenters. The van der Waals surface area contributed by atoms with Crippen LogP contribution in [0.1, 0.15) is 53.1 Å². The summed E-state index contributed by atoms with van der Waals surface area (Å²) in [6.07, 6.45) is 1.40. The minimum absolute atomic E-state index is 0.208. The molecule has 148 valence electrons. The van der Waals surface area contributed by atoms with Crippen LogP contribution in [-0.4, -0.2) is 29.3 Å². The summed E-state index contributed by atoms with van der Waals surface area (Å²) < 4.78 is 18.2. The maximum atomic E-state index is 12.5. The van der Waals surface area contributed by atoms with Gasteiger partial charge in [0.1, 0.15) is 0 Å². The molecule has 7 nitrogen and oxygen atoms in total. The molecule has 1 aromatic carbocycles. The first-order chi connectivity index (χ1) is 13.4. The van der Waals surface area contributed by atoms with E-state index < -0.39 is 12.1 Å². The zero-order chi connectivity index (χ0) is 19.8. The van der Waals surface area contributed by atoms with Crippen molar-refractivity contribution in [2.45, 2.75) is 52.3 Å². The lowest BCUT2D eigenvalue weighted by molar-refractivity contribution is -0.129. The van der Waals surface area contributed by atoms with Gasteiger partial charge in [-0.25, -0.2) is 4.79 Å². The van der Waals surface area contributed by atoms with E-state index in [0.29, 0.717) is 29.6 Å². The third kappa shape index (κ3) is 3.56. The Balaban J connectivity index is 1.34. The summed E-state index contributed by atoms with van der Waals surface area (Å²) in [4.78, 5) is 24.9. The summed E-state index contributed by atoms with van der Waals surface area (Å²) in [6.45, 7) is 6.01. The number of carbonyl (C=O) groups excluding carboxylic acids is 2. The van der Waals surface area contributed by atoms with E-state index >= 15 is 0 Å². The summed E-state index contributed by atoms with van der Waals surface area (Å²) in [5, 5.41) is 2.79. The average Bonchev–Trinajstić information content (AvgIpc) is 3.30. The Morgan fingerprint density at radius 2 is 1.96 bits per heavy atom. The molecular weight excluding hydrogens is 360 g/mol. The summed E-state index contributed by atoms with van der Waals surface area (Å²) in [5.74, 6) is 0.547. The first kappa shape index (κ1) is 18.4. The van der Waals surface area contributed by atoms with Crippen molar-refractivity contribution >= 4 is 11.9 Å². The summed E-state index contributed by atoms with van der Waals surface area (Å²) in [5.41, 5.74) is 3.36. The molecule has 1 amide bonds. The number of amides is 1. The van der Waals surface area contributed by atoms with Crippen LogP contribution >= 0.6 is 0 Å². The molecule has 0 spiro atoms. The van der Waals surface area contributed by atoms with E-state index in [1.165, 1.54) is 0 Å². The Morgan fingerprint density at radius 3 is 2.71 bits per heavy atom. The molecule has 2 aliphatic rings. The summed E-state index contributed by atoms with van der Waals surface area (Å²) in [7, 11) is 0. The van der Waals surface area contributed by atoms with Gasteiger partial charge in [0.2, 0.25) is 6.79 Å². The molecule has 0 bridgehead atoms. The van der Waals surface area contributed by atoms with Crippen molar-refractivity contribution in [2.24, 2.45) is 0 Å². The van der Waals surface area contributed by atoms with Crippen LogP contribution in [0, 0.1) is 13.8 Å². The maximum absolute atomic E-state index is 12.5.